The molecule has 0 unspecified atom stereocenters. The summed E-state index contributed by atoms with van der Waals surface area (Å²) in [6, 6.07) is 0. The van der Waals surface area contributed by atoms with Crippen molar-refractivity contribution < 1.29 is 19.7 Å². The summed E-state index contributed by atoms with van der Waals surface area (Å²) >= 11 is 0. The summed E-state index contributed by atoms with van der Waals surface area (Å²) in [5.41, 5.74) is -1.46. The zero-order valence-corrected chi connectivity index (χ0v) is 6.13. The monoisotopic (exact) mass is 148 g/mol. The zero-order valence-electron chi connectivity index (χ0n) is 6.13. The first kappa shape index (κ1) is 9.39. The summed E-state index contributed by atoms with van der Waals surface area (Å²) in [6.07, 6.45) is 0. The molecular weight excluding hydrogens is 136 g/mol. The highest BCUT2D eigenvalue weighted by Gasteiger charge is 2.24. The second-order valence-corrected chi connectivity index (χ2v) is 2.42. The topological polar surface area (TPSA) is 66.8 Å². The van der Waals surface area contributed by atoms with E-state index in [1.54, 1.807) is 0 Å². The molecule has 4 heteroatoms. The Hall–Kier alpha value is -0.610. The molecule has 0 radical (unpaired) electrons. The molecule has 0 aliphatic carbocycles. The fourth-order valence-corrected chi connectivity index (χ4v) is 0.315. The highest BCUT2D eigenvalue weighted by Crippen LogP contribution is 2.02. The molecule has 0 spiro atoms. The first-order valence-corrected chi connectivity index (χ1v) is 2.99. The SMILES string of the molecule is CC(C)(O)C(=O)OCCO. The molecule has 2 N–H and O–H groups in total. The first-order valence-electron chi connectivity index (χ1n) is 2.99. The summed E-state index contributed by atoms with van der Waals surface area (Å²) < 4.78 is 4.42. The van der Waals surface area contributed by atoms with Crippen LogP contribution in [0.2, 0.25) is 0 Å². The van der Waals surface area contributed by atoms with E-state index >= 15 is 0 Å². The minimum absolute atomic E-state index is 0.0666. The predicted octanol–water partition coefficient (Wildman–Crippen LogP) is -0.707. The number of hydrogen-bond donors (Lipinski definition) is 2. The van der Waals surface area contributed by atoms with Gasteiger partial charge in [0.25, 0.3) is 0 Å². The third-order valence-electron chi connectivity index (χ3n) is 0.824. The molecule has 4 nitrogen and oxygen atoms in total. The minimum atomic E-state index is -1.46. The van der Waals surface area contributed by atoms with Crippen molar-refractivity contribution in [2.24, 2.45) is 0 Å². The number of ether oxygens (including phenoxy) is 1. The summed E-state index contributed by atoms with van der Waals surface area (Å²) in [4.78, 5) is 10.6. The lowest BCUT2D eigenvalue weighted by Crippen LogP contribution is -2.33. The summed E-state index contributed by atoms with van der Waals surface area (Å²) in [6.45, 7) is 2.37. The van der Waals surface area contributed by atoms with E-state index in [9.17, 15) is 4.79 Å². The molecule has 0 heterocycles. The molecule has 0 aromatic carbocycles. The summed E-state index contributed by atoms with van der Waals surface area (Å²) in [7, 11) is 0. The maximum absolute atomic E-state index is 10.6. The van der Waals surface area contributed by atoms with Crippen molar-refractivity contribution in [3.8, 4) is 0 Å². The summed E-state index contributed by atoms with van der Waals surface area (Å²) in [5.74, 6) is -0.721. The van der Waals surface area contributed by atoms with Crippen LogP contribution in [0.4, 0.5) is 0 Å². The molecule has 0 amide bonds. The van der Waals surface area contributed by atoms with E-state index in [2.05, 4.69) is 4.74 Å². The average Bonchev–Trinajstić information content (AvgIpc) is 1.80. The number of rotatable bonds is 3. The van der Waals surface area contributed by atoms with Crippen LogP contribution in [0.25, 0.3) is 0 Å². The van der Waals surface area contributed by atoms with Gasteiger partial charge >= 0.3 is 5.97 Å². The van der Waals surface area contributed by atoms with E-state index in [1.165, 1.54) is 13.8 Å². The molecule has 10 heavy (non-hydrogen) atoms. The molecule has 0 aromatic heterocycles. The number of hydrogen-bond acceptors (Lipinski definition) is 4. The zero-order chi connectivity index (χ0) is 8.20. The molecule has 0 aliphatic rings. The van der Waals surface area contributed by atoms with Gasteiger partial charge in [-0.15, -0.1) is 0 Å². The molecule has 0 rings (SSSR count). The Morgan fingerprint density at radius 1 is 1.60 bits per heavy atom. The standard InChI is InChI=1S/C6H12O4/c1-6(2,9)5(8)10-4-3-7/h7,9H,3-4H2,1-2H3. The lowest BCUT2D eigenvalue weighted by Gasteiger charge is -2.14. The third-order valence-corrected chi connectivity index (χ3v) is 0.824. The van der Waals surface area contributed by atoms with Gasteiger partial charge in [0, 0.05) is 0 Å². The Labute approximate surface area is 59.4 Å². The van der Waals surface area contributed by atoms with E-state index in [0.717, 1.165) is 0 Å². The van der Waals surface area contributed by atoms with Gasteiger partial charge in [-0.25, -0.2) is 4.79 Å². The van der Waals surface area contributed by atoms with E-state index in [-0.39, 0.29) is 13.2 Å². The Morgan fingerprint density at radius 2 is 2.10 bits per heavy atom. The van der Waals surface area contributed by atoms with E-state index in [1.807, 2.05) is 0 Å². The van der Waals surface area contributed by atoms with Crippen LogP contribution in [0.3, 0.4) is 0 Å². The molecule has 0 aromatic rings. The number of esters is 1. The second kappa shape index (κ2) is 3.53. The van der Waals surface area contributed by atoms with Crippen LogP contribution < -0.4 is 0 Å². The second-order valence-electron chi connectivity index (χ2n) is 2.42. The van der Waals surface area contributed by atoms with Gasteiger partial charge in [0.2, 0.25) is 0 Å². The molecule has 0 atom stereocenters. The number of carbonyl (C=O) groups is 1. The van der Waals surface area contributed by atoms with Crippen molar-refractivity contribution in [3.63, 3.8) is 0 Å². The number of aliphatic hydroxyl groups excluding tert-OH is 1. The number of carbonyl (C=O) groups excluding carboxylic acids is 1. The van der Waals surface area contributed by atoms with Gasteiger partial charge in [-0.05, 0) is 13.8 Å². The smallest absolute Gasteiger partial charge is 0.337 e. The van der Waals surface area contributed by atoms with E-state index in [0.29, 0.717) is 0 Å². The van der Waals surface area contributed by atoms with Gasteiger partial charge in [-0.3, -0.25) is 0 Å². The Balaban J connectivity index is 3.64. The van der Waals surface area contributed by atoms with Gasteiger partial charge in [0.15, 0.2) is 5.60 Å². The van der Waals surface area contributed by atoms with E-state index in [4.69, 9.17) is 10.2 Å². The minimum Gasteiger partial charge on any atom is -0.461 e. The third kappa shape index (κ3) is 3.42. The van der Waals surface area contributed by atoms with Gasteiger partial charge in [-0.1, -0.05) is 0 Å². The first-order chi connectivity index (χ1) is 4.48. The fourth-order valence-electron chi connectivity index (χ4n) is 0.315. The largest absolute Gasteiger partial charge is 0.461 e. The molecule has 0 saturated carbocycles. The molecule has 0 bridgehead atoms. The molecule has 60 valence electrons. The van der Waals surface area contributed by atoms with Crippen LogP contribution in [0.1, 0.15) is 13.8 Å². The maximum Gasteiger partial charge on any atom is 0.337 e. The van der Waals surface area contributed by atoms with Gasteiger partial charge in [0.1, 0.15) is 6.61 Å². The quantitative estimate of drug-likeness (QED) is 0.519. The van der Waals surface area contributed by atoms with Gasteiger partial charge in [-0.2, -0.15) is 0 Å². The van der Waals surface area contributed by atoms with Crippen molar-refractivity contribution in [1.82, 2.24) is 0 Å². The van der Waals surface area contributed by atoms with Crippen LogP contribution >= 0.6 is 0 Å². The van der Waals surface area contributed by atoms with Crippen LogP contribution in [0.15, 0.2) is 0 Å². The van der Waals surface area contributed by atoms with Crippen LogP contribution in [-0.4, -0.2) is 35.0 Å². The lowest BCUT2D eigenvalue weighted by molar-refractivity contribution is -0.162. The Bertz CT molecular complexity index is 113. The normalized spacial score (nSPS) is 11.2. The van der Waals surface area contributed by atoms with Crippen LogP contribution in [0, 0.1) is 0 Å². The number of aliphatic hydroxyl groups is 2. The van der Waals surface area contributed by atoms with Crippen molar-refractivity contribution in [1.29, 1.82) is 0 Å². The molecule has 0 fully saturated rings. The van der Waals surface area contributed by atoms with Gasteiger partial charge < -0.3 is 14.9 Å². The van der Waals surface area contributed by atoms with E-state index < -0.39 is 11.6 Å². The Morgan fingerprint density at radius 3 is 2.40 bits per heavy atom. The van der Waals surface area contributed by atoms with Crippen molar-refractivity contribution in [2.45, 2.75) is 19.4 Å². The maximum atomic E-state index is 10.6. The van der Waals surface area contributed by atoms with Gasteiger partial charge in [0.05, 0.1) is 6.61 Å². The summed E-state index contributed by atoms with van der Waals surface area (Å²) in [5, 5.41) is 17.2. The van der Waals surface area contributed by atoms with Crippen LogP contribution in [-0.2, 0) is 9.53 Å². The molecular formula is C6H12O4. The average molecular weight is 148 g/mol. The lowest BCUT2D eigenvalue weighted by atomic mass is 10.1. The van der Waals surface area contributed by atoms with Crippen molar-refractivity contribution in [3.05, 3.63) is 0 Å². The van der Waals surface area contributed by atoms with Crippen LogP contribution in [0.5, 0.6) is 0 Å². The highest BCUT2D eigenvalue weighted by molar-refractivity contribution is 5.78. The highest BCUT2D eigenvalue weighted by atomic mass is 16.6. The molecule has 0 aliphatic heterocycles. The van der Waals surface area contributed by atoms with Crippen molar-refractivity contribution >= 4 is 5.97 Å². The fraction of sp³-hybridized carbons (Fsp3) is 0.833. The predicted molar refractivity (Wildman–Crippen MR) is 34.3 cm³/mol. The Kier molecular flexibility index (Phi) is 3.32. The molecule has 0 saturated heterocycles. The van der Waals surface area contributed by atoms with Crippen molar-refractivity contribution in [2.75, 3.05) is 13.2 Å².